The van der Waals surface area contributed by atoms with E-state index in [0.717, 1.165) is 16.5 Å². The van der Waals surface area contributed by atoms with Crippen molar-refractivity contribution in [3.63, 3.8) is 0 Å². The standard InChI is InChI=1S/C18H15NO2/c1-13-6-2-3-7-14(13)17(20)12-21-18-10-4-9-16-15(18)8-5-11-19-16/h2-11H,12H2,1H3. The van der Waals surface area contributed by atoms with Crippen molar-refractivity contribution in [3.8, 4) is 5.75 Å². The predicted octanol–water partition coefficient (Wildman–Crippen LogP) is 3.80. The number of hydrogen-bond acceptors (Lipinski definition) is 3. The van der Waals surface area contributed by atoms with E-state index < -0.39 is 0 Å². The lowest BCUT2D eigenvalue weighted by Crippen LogP contribution is -2.13. The van der Waals surface area contributed by atoms with Crippen LogP contribution in [0.1, 0.15) is 15.9 Å². The molecule has 0 N–H and O–H groups in total. The smallest absolute Gasteiger partial charge is 0.200 e. The van der Waals surface area contributed by atoms with Gasteiger partial charge in [0.05, 0.1) is 5.52 Å². The number of aromatic nitrogens is 1. The van der Waals surface area contributed by atoms with Crippen LogP contribution in [-0.4, -0.2) is 17.4 Å². The van der Waals surface area contributed by atoms with Gasteiger partial charge in [-0.3, -0.25) is 9.78 Å². The molecule has 1 aromatic heterocycles. The summed E-state index contributed by atoms with van der Waals surface area (Å²) in [7, 11) is 0. The molecule has 104 valence electrons. The minimum Gasteiger partial charge on any atom is -0.485 e. The molecule has 0 atom stereocenters. The van der Waals surface area contributed by atoms with Crippen LogP contribution in [0, 0.1) is 6.92 Å². The van der Waals surface area contributed by atoms with E-state index in [9.17, 15) is 4.79 Å². The van der Waals surface area contributed by atoms with Gasteiger partial charge < -0.3 is 4.74 Å². The highest BCUT2D eigenvalue weighted by Gasteiger charge is 2.10. The summed E-state index contributed by atoms with van der Waals surface area (Å²) in [5.74, 6) is 0.663. The lowest BCUT2D eigenvalue weighted by molar-refractivity contribution is 0.0922. The summed E-state index contributed by atoms with van der Waals surface area (Å²) >= 11 is 0. The molecule has 3 rings (SSSR count). The Labute approximate surface area is 123 Å². The molecule has 0 bridgehead atoms. The molecule has 1 heterocycles. The summed E-state index contributed by atoms with van der Waals surface area (Å²) < 4.78 is 5.70. The lowest BCUT2D eigenvalue weighted by atomic mass is 10.1. The molecule has 0 spiro atoms. The minimum atomic E-state index is -0.0195. The number of rotatable bonds is 4. The van der Waals surface area contributed by atoms with Gasteiger partial charge in [0.2, 0.25) is 0 Å². The van der Waals surface area contributed by atoms with Crippen molar-refractivity contribution in [1.29, 1.82) is 0 Å². The minimum absolute atomic E-state index is 0.0195. The normalized spacial score (nSPS) is 10.5. The molecule has 0 aliphatic heterocycles. The van der Waals surface area contributed by atoms with Crippen LogP contribution in [0.2, 0.25) is 0 Å². The first-order valence-electron chi connectivity index (χ1n) is 6.81. The van der Waals surface area contributed by atoms with Crippen LogP contribution in [0.4, 0.5) is 0 Å². The number of pyridine rings is 1. The molecule has 0 aliphatic carbocycles. The Kier molecular flexibility index (Phi) is 3.65. The van der Waals surface area contributed by atoms with Gasteiger partial charge in [0, 0.05) is 17.1 Å². The van der Waals surface area contributed by atoms with Crippen molar-refractivity contribution in [2.45, 2.75) is 6.92 Å². The van der Waals surface area contributed by atoms with E-state index >= 15 is 0 Å². The van der Waals surface area contributed by atoms with Gasteiger partial charge in [0.15, 0.2) is 12.4 Å². The summed E-state index contributed by atoms with van der Waals surface area (Å²) in [5.41, 5.74) is 2.53. The molecule has 0 amide bonds. The van der Waals surface area contributed by atoms with Gasteiger partial charge >= 0.3 is 0 Å². The molecule has 0 aliphatic rings. The topological polar surface area (TPSA) is 39.2 Å². The number of Topliss-reactive ketones (excluding diaryl/α,β-unsaturated/α-hetero) is 1. The number of aryl methyl sites for hydroxylation is 1. The maximum atomic E-state index is 12.2. The molecular formula is C18H15NO2. The van der Waals surface area contributed by atoms with Crippen LogP contribution >= 0.6 is 0 Å². The molecule has 0 saturated heterocycles. The van der Waals surface area contributed by atoms with Crippen molar-refractivity contribution in [2.75, 3.05) is 6.61 Å². The van der Waals surface area contributed by atoms with Crippen LogP contribution < -0.4 is 4.74 Å². The zero-order valence-electron chi connectivity index (χ0n) is 11.7. The number of ketones is 1. The van der Waals surface area contributed by atoms with E-state index in [1.807, 2.05) is 61.5 Å². The highest BCUT2D eigenvalue weighted by Crippen LogP contribution is 2.23. The molecule has 0 saturated carbocycles. The Bertz CT molecular complexity index is 791. The summed E-state index contributed by atoms with van der Waals surface area (Å²) in [6, 6.07) is 17.0. The van der Waals surface area contributed by atoms with Crippen LogP contribution in [0.5, 0.6) is 5.75 Å². The second-order valence-corrected chi connectivity index (χ2v) is 4.85. The van der Waals surface area contributed by atoms with Crippen LogP contribution in [-0.2, 0) is 0 Å². The third-order valence-corrected chi connectivity index (χ3v) is 3.41. The van der Waals surface area contributed by atoms with Gasteiger partial charge in [0.1, 0.15) is 5.75 Å². The Morgan fingerprint density at radius 2 is 1.90 bits per heavy atom. The first-order chi connectivity index (χ1) is 10.3. The molecule has 0 fully saturated rings. The average Bonchev–Trinajstić information content (AvgIpc) is 2.53. The third kappa shape index (κ3) is 2.77. The molecule has 3 heteroatoms. The fourth-order valence-electron chi connectivity index (χ4n) is 2.31. The molecule has 0 radical (unpaired) electrons. The van der Waals surface area contributed by atoms with Gasteiger partial charge in [-0.1, -0.05) is 30.3 Å². The van der Waals surface area contributed by atoms with Gasteiger partial charge in [-0.2, -0.15) is 0 Å². The van der Waals surface area contributed by atoms with Gasteiger partial charge in [-0.25, -0.2) is 0 Å². The van der Waals surface area contributed by atoms with Crippen LogP contribution in [0.3, 0.4) is 0 Å². The van der Waals surface area contributed by atoms with Crippen LogP contribution in [0.25, 0.3) is 10.9 Å². The number of carbonyl (C=O) groups excluding carboxylic acids is 1. The van der Waals surface area contributed by atoms with E-state index in [-0.39, 0.29) is 12.4 Å². The lowest BCUT2D eigenvalue weighted by Gasteiger charge is -2.09. The SMILES string of the molecule is Cc1ccccc1C(=O)COc1cccc2ncccc12. The summed E-state index contributed by atoms with van der Waals surface area (Å²) in [4.78, 5) is 16.5. The zero-order valence-corrected chi connectivity index (χ0v) is 11.7. The highest BCUT2D eigenvalue weighted by molar-refractivity contribution is 5.98. The first-order valence-corrected chi connectivity index (χ1v) is 6.81. The molecular weight excluding hydrogens is 262 g/mol. The largest absolute Gasteiger partial charge is 0.485 e. The number of benzene rings is 2. The van der Waals surface area contributed by atoms with Crippen LogP contribution in [0.15, 0.2) is 60.8 Å². The number of nitrogens with zero attached hydrogens (tertiary/aromatic N) is 1. The van der Waals surface area contributed by atoms with E-state index in [2.05, 4.69) is 4.98 Å². The van der Waals surface area contributed by atoms with Crippen molar-refractivity contribution < 1.29 is 9.53 Å². The maximum absolute atomic E-state index is 12.2. The van der Waals surface area contributed by atoms with Gasteiger partial charge in [0.25, 0.3) is 0 Å². The highest BCUT2D eigenvalue weighted by atomic mass is 16.5. The van der Waals surface area contributed by atoms with Gasteiger partial charge in [-0.05, 0) is 36.8 Å². The predicted molar refractivity (Wildman–Crippen MR) is 82.7 cm³/mol. The monoisotopic (exact) mass is 277 g/mol. The maximum Gasteiger partial charge on any atom is 0.200 e. The van der Waals surface area contributed by atoms with Crippen molar-refractivity contribution in [3.05, 3.63) is 71.9 Å². The van der Waals surface area contributed by atoms with E-state index in [0.29, 0.717) is 11.3 Å². The quantitative estimate of drug-likeness (QED) is 0.681. The number of carbonyl (C=O) groups is 1. The molecule has 3 aromatic rings. The van der Waals surface area contributed by atoms with Crippen molar-refractivity contribution in [2.24, 2.45) is 0 Å². The Hall–Kier alpha value is -2.68. The second-order valence-electron chi connectivity index (χ2n) is 4.85. The third-order valence-electron chi connectivity index (χ3n) is 3.41. The van der Waals surface area contributed by atoms with E-state index in [1.165, 1.54) is 0 Å². The summed E-state index contributed by atoms with van der Waals surface area (Å²) in [5, 5.41) is 0.914. The molecule has 0 unspecified atom stereocenters. The number of fused-ring (bicyclic) bond motifs is 1. The zero-order chi connectivity index (χ0) is 14.7. The van der Waals surface area contributed by atoms with Crippen molar-refractivity contribution in [1.82, 2.24) is 4.98 Å². The fourth-order valence-corrected chi connectivity index (χ4v) is 2.31. The molecule has 2 aromatic carbocycles. The average molecular weight is 277 g/mol. The molecule has 21 heavy (non-hydrogen) atoms. The Morgan fingerprint density at radius 1 is 1.05 bits per heavy atom. The summed E-state index contributed by atoms with van der Waals surface area (Å²) in [6.07, 6.45) is 1.74. The van der Waals surface area contributed by atoms with E-state index in [4.69, 9.17) is 4.74 Å². The molecule has 3 nitrogen and oxygen atoms in total. The first kappa shape index (κ1) is 13.3. The van der Waals surface area contributed by atoms with Gasteiger partial charge in [-0.15, -0.1) is 0 Å². The van der Waals surface area contributed by atoms with E-state index in [1.54, 1.807) is 6.20 Å². The number of ether oxygens (including phenoxy) is 1. The second kappa shape index (κ2) is 5.75. The Balaban J connectivity index is 1.81. The summed E-state index contributed by atoms with van der Waals surface area (Å²) in [6.45, 7) is 1.95. The van der Waals surface area contributed by atoms with Crippen molar-refractivity contribution >= 4 is 16.7 Å². The number of hydrogen-bond donors (Lipinski definition) is 0. The fraction of sp³-hybridized carbons (Fsp3) is 0.111. The Morgan fingerprint density at radius 3 is 2.76 bits per heavy atom.